The Balaban J connectivity index is 2.71. The number of aromatic nitrogens is 1. The van der Waals surface area contributed by atoms with Crippen molar-refractivity contribution in [3.8, 4) is 0 Å². The van der Waals surface area contributed by atoms with Gasteiger partial charge in [0.2, 0.25) is 0 Å². The van der Waals surface area contributed by atoms with Gasteiger partial charge in [-0.25, -0.2) is 9.78 Å². The summed E-state index contributed by atoms with van der Waals surface area (Å²) in [6.45, 7) is 2.85. The van der Waals surface area contributed by atoms with E-state index >= 15 is 0 Å². The van der Waals surface area contributed by atoms with Crippen LogP contribution in [0.2, 0.25) is 0 Å². The van der Waals surface area contributed by atoms with Crippen LogP contribution < -0.4 is 0 Å². The van der Waals surface area contributed by atoms with Crippen molar-refractivity contribution in [1.29, 1.82) is 0 Å². The molecule has 0 saturated heterocycles. The molecule has 0 aliphatic rings. The molecule has 1 heterocycles. The minimum Gasteiger partial charge on any atom is -0.477 e. The van der Waals surface area contributed by atoms with Crippen LogP contribution in [0.25, 0.3) is 0 Å². The maximum atomic E-state index is 10.9. The van der Waals surface area contributed by atoms with Gasteiger partial charge in [-0.3, -0.25) is 4.90 Å². The molecular formula is C13H20N2O2S. The van der Waals surface area contributed by atoms with Crippen molar-refractivity contribution in [1.82, 2.24) is 9.88 Å². The molecule has 1 atom stereocenters. The average Bonchev–Trinajstić information content (AvgIpc) is 2.36. The molecule has 5 heteroatoms. The Morgan fingerprint density at radius 1 is 1.56 bits per heavy atom. The second-order valence-electron chi connectivity index (χ2n) is 4.25. The molecule has 0 saturated carbocycles. The van der Waals surface area contributed by atoms with Crippen molar-refractivity contribution in [2.45, 2.75) is 25.9 Å². The van der Waals surface area contributed by atoms with Gasteiger partial charge < -0.3 is 5.11 Å². The molecule has 18 heavy (non-hydrogen) atoms. The highest BCUT2D eigenvalue weighted by Crippen LogP contribution is 2.11. The van der Waals surface area contributed by atoms with Gasteiger partial charge in [0.15, 0.2) is 0 Å². The molecule has 0 aliphatic heterocycles. The summed E-state index contributed by atoms with van der Waals surface area (Å²) in [6, 6.07) is 5.63. The van der Waals surface area contributed by atoms with Crippen LogP contribution >= 0.6 is 11.8 Å². The van der Waals surface area contributed by atoms with Crippen molar-refractivity contribution in [3.05, 3.63) is 29.6 Å². The number of carboxylic acid groups (broad SMARTS) is 1. The molecular weight excluding hydrogens is 248 g/mol. The molecule has 100 valence electrons. The summed E-state index contributed by atoms with van der Waals surface area (Å²) in [4.78, 5) is 17.2. The fraction of sp³-hybridized carbons (Fsp3) is 0.538. The van der Waals surface area contributed by atoms with Crippen LogP contribution in [0, 0.1) is 0 Å². The Hall–Kier alpha value is -1.07. The van der Waals surface area contributed by atoms with E-state index in [9.17, 15) is 4.79 Å². The van der Waals surface area contributed by atoms with Gasteiger partial charge in [-0.1, -0.05) is 13.0 Å². The Bertz CT molecular complexity index is 398. The highest BCUT2D eigenvalue weighted by molar-refractivity contribution is 7.98. The van der Waals surface area contributed by atoms with Crippen LogP contribution in [0.15, 0.2) is 18.2 Å². The van der Waals surface area contributed by atoms with E-state index in [0.717, 1.165) is 17.9 Å². The number of thioether (sulfide) groups is 1. The standard InChI is InChI=1S/C13H20N2O2S/c1-4-11(9-18-3)15(2)8-10-6-5-7-12(14-10)13(16)17/h5-7,11H,4,8-9H2,1-3H3,(H,16,17). The number of carbonyl (C=O) groups is 1. The minimum atomic E-state index is -0.976. The van der Waals surface area contributed by atoms with E-state index in [0.29, 0.717) is 12.6 Å². The molecule has 0 amide bonds. The molecule has 4 nitrogen and oxygen atoms in total. The van der Waals surface area contributed by atoms with Crippen molar-refractivity contribution in [3.63, 3.8) is 0 Å². The molecule has 0 spiro atoms. The predicted octanol–water partition coefficient (Wildman–Crippen LogP) is 2.35. The van der Waals surface area contributed by atoms with Crippen molar-refractivity contribution in [2.75, 3.05) is 19.1 Å². The summed E-state index contributed by atoms with van der Waals surface area (Å²) in [7, 11) is 2.06. The first-order valence-corrected chi connectivity index (χ1v) is 7.36. The summed E-state index contributed by atoms with van der Waals surface area (Å²) in [5, 5.41) is 8.90. The Morgan fingerprint density at radius 3 is 2.83 bits per heavy atom. The average molecular weight is 268 g/mol. The smallest absolute Gasteiger partial charge is 0.354 e. The molecule has 1 unspecified atom stereocenters. The van der Waals surface area contributed by atoms with Gasteiger partial charge in [0.05, 0.1) is 5.69 Å². The summed E-state index contributed by atoms with van der Waals surface area (Å²) < 4.78 is 0. The van der Waals surface area contributed by atoms with E-state index in [2.05, 4.69) is 30.1 Å². The van der Waals surface area contributed by atoms with Crippen molar-refractivity contribution in [2.24, 2.45) is 0 Å². The van der Waals surface area contributed by atoms with Gasteiger partial charge in [0.1, 0.15) is 5.69 Å². The van der Waals surface area contributed by atoms with Crippen LogP contribution in [-0.4, -0.2) is 46.1 Å². The van der Waals surface area contributed by atoms with Gasteiger partial charge in [-0.05, 0) is 31.9 Å². The van der Waals surface area contributed by atoms with Crippen LogP contribution in [0.4, 0.5) is 0 Å². The third kappa shape index (κ3) is 4.31. The van der Waals surface area contributed by atoms with Crippen LogP contribution in [-0.2, 0) is 6.54 Å². The third-order valence-electron chi connectivity index (χ3n) is 2.89. The second kappa shape index (κ2) is 7.38. The highest BCUT2D eigenvalue weighted by Gasteiger charge is 2.13. The van der Waals surface area contributed by atoms with Crippen LogP contribution in [0.5, 0.6) is 0 Å². The third-order valence-corrected chi connectivity index (χ3v) is 3.61. The molecule has 0 radical (unpaired) electrons. The number of hydrogen-bond acceptors (Lipinski definition) is 4. The molecule has 0 aliphatic carbocycles. The van der Waals surface area contributed by atoms with E-state index in [4.69, 9.17) is 5.11 Å². The van der Waals surface area contributed by atoms with Gasteiger partial charge in [0, 0.05) is 18.3 Å². The quantitative estimate of drug-likeness (QED) is 0.822. The van der Waals surface area contributed by atoms with E-state index < -0.39 is 5.97 Å². The predicted molar refractivity (Wildman–Crippen MR) is 75.1 cm³/mol. The first-order valence-electron chi connectivity index (χ1n) is 5.96. The first-order chi connectivity index (χ1) is 8.58. The Kier molecular flexibility index (Phi) is 6.15. The first kappa shape index (κ1) is 15.0. The molecule has 1 aromatic heterocycles. The number of aromatic carboxylic acids is 1. The minimum absolute atomic E-state index is 0.110. The molecule has 1 N–H and O–H groups in total. The summed E-state index contributed by atoms with van der Waals surface area (Å²) >= 11 is 1.83. The zero-order chi connectivity index (χ0) is 13.5. The lowest BCUT2D eigenvalue weighted by molar-refractivity contribution is 0.0690. The lowest BCUT2D eigenvalue weighted by atomic mass is 10.2. The number of rotatable bonds is 7. The zero-order valence-corrected chi connectivity index (χ0v) is 11.9. The monoisotopic (exact) mass is 268 g/mol. The van der Waals surface area contributed by atoms with Crippen molar-refractivity contribution >= 4 is 17.7 Å². The number of carboxylic acids is 1. The Labute approximate surface area is 112 Å². The molecule has 0 aromatic carbocycles. The summed E-state index contributed by atoms with van der Waals surface area (Å²) in [6.07, 6.45) is 3.18. The SMILES string of the molecule is CCC(CSC)N(C)Cc1cccc(C(=O)O)n1. The largest absolute Gasteiger partial charge is 0.477 e. The maximum absolute atomic E-state index is 10.9. The maximum Gasteiger partial charge on any atom is 0.354 e. The van der Waals surface area contributed by atoms with E-state index in [-0.39, 0.29) is 5.69 Å². The van der Waals surface area contributed by atoms with Gasteiger partial charge in [-0.2, -0.15) is 11.8 Å². The lowest BCUT2D eigenvalue weighted by Gasteiger charge is -2.26. The van der Waals surface area contributed by atoms with E-state index in [1.807, 2.05) is 17.8 Å². The number of hydrogen-bond donors (Lipinski definition) is 1. The van der Waals surface area contributed by atoms with Crippen LogP contribution in [0.3, 0.4) is 0 Å². The fourth-order valence-electron chi connectivity index (χ4n) is 1.82. The zero-order valence-electron chi connectivity index (χ0n) is 11.1. The lowest BCUT2D eigenvalue weighted by Crippen LogP contribution is -2.33. The van der Waals surface area contributed by atoms with E-state index in [1.165, 1.54) is 6.07 Å². The van der Waals surface area contributed by atoms with Gasteiger partial charge in [0.25, 0.3) is 0 Å². The Morgan fingerprint density at radius 2 is 2.28 bits per heavy atom. The normalized spacial score (nSPS) is 12.7. The van der Waals surface area contributed by atoms with E-state index in [1.54, 1.807) is 6.07 Å². The van der Waals surface area contributed by atoms with Gasteiger partial charge >= 0.3 is 5.97 Å². The molecule has 0 bridgehead atoms. The summed E-state index contributed by atoms with van der Waals surface area (Å²) in [5.74, 6) is 0.0988. The fourth-order valence-corrected chi connectivity index (χ4v) is 2.70. The van der Waals surface area contributed by atoms with Crippen molar-refractivity contribution < 1.29 is 9.90 Å². The second-order valence-corrected chi connectivity index (χ2v) is 5.16. The molecule has 0 fully saturated rings. The topological polar surface area (TPSA) is 53.4 Å². The van der Waals surface area contributed by atoms with Gasteiger partial charge in [-0.15, -0.1) is 0 Å². The highest BCUT2D eigenvalue weighted by atomic mass is 32.2. The van der Waals surface area contributed by atoms with Crippen LogP contribution in [0.1, 0.15) is 29.5 Å². The number of nitrogens with zero attached hydrogens (tertiary/aromatic N) is 2. The number of pyridine rings is 1. The summed E-state index contributed by atoms with van der Waals surface area (Å²) in [5.41, 5.74) is 0.913. The molecule has 1 aromatic rings. The molecule has 1 rings (SSSR count).